The summed E-state index contributed by atoms with van der Waals surface area (Å²) in [6.07, 6.45) is 0.615. The normalized spacial score (nSPS) is 12.3. The Morgan fingerprint density at radius 1 is 0.569 bits per heavy atom. The number of ether oxygens (including phenoxy) is 6. The molecule has 19 heteroatoms. The van der Waals surface area contributed by atoms with Gasteiger partial charge in [0.15, 0.2) is 0 Å². The number of aryl methyl sites for hydroxylation is 1. The summed E-state index contributed by atoms with van der Waals surface area (Å²) in [7, 11) is 3.10. The van der Waals surface area contributed by atoms with Crippen LogP contribution >= 0.6 is 0 Å². The van der Waals surface area contributed by atoms with Crippen LogP contribution < -0.4 is 38.3 Å². The summed E-state index contributed by atoms with van der Waals surface area (Å²) in [5, 5.41) is 5.31. The molecule has 0 bridgehead atoms. The van der Waals surface area contributed by atoms with Gasteiger partial charge in [0.1, 0.15) is 28.9 Å². The lowest BCUT2D eigenvalue weighted by Crippen LogP contribution is -2.68. The number of amides is 1. The number of rotatable bonds is 22. The fourth-order valence-corrected chi connectivity index (χ4v) is 6.31. The van der Waals surface area contributed by atoms with Crippen LogP contribution in [-0.2, 0) is 54.1 Å². The number of pyridine rings is 1. The highest BCUT2D eigenvalue weighted by Crippen LogP contribution is 2.26. The number of nitrogens with zero attached hydrogens (tertiary/aromatic N) is 3. The Bertz CT molecular complexity index is 1860. The number of fused-ring (bicyclic) bond motifs is 2. The smallest absolute Gasteiger partial charge is 0.308 e. The van der Waals surface area contributed by atoms with E-state index in [1.54, 1.807) is 62.3 Å². The van der Waals surface area contributed by atoms with E-state index in [9.17, 15) is 19.2 Å². The van der Waals surface area contributed by atoms with Crippen LogP contribution in [0.3, 0.4) is 0 Å². The zero-order chi connectivity index (χ0) is 49.4. The second-order valence-electron chi connectivity index (χ2n) is 19.0. The van der Waals surface area contributed by atoms with E-state index in [1.165, 1.54) is 0 Å². The topological polar surface area (TPSA) is 238 Å². The molecular weight excluding hydrogens is 868 g/mol. The second kappa shape index (κ2) is 24.9. The summed E-state index contributed by atoms with van der Waals surface area (Å²) >= 11 is 0. The summed E-state index contributed by atoms with van der Waals surface area (Å²) in [6.45, 7) is 16.4. The molecule has 0 aliphatic heterocycles. The number of aromatic nitrogens is 1. The van der Waals surface area contributed by atoms with Gasteiger partial charge in [0.05, 0.1) is 58.9 Å². The zero-order valence-electron chi connectivity index (χ0n) is 40.5. The first-order chi connectivity index (χ1) is 29.9. The molecule has 0 atom stereocenters. The van der Waals surface area contributed by atoms with Gasteiger partial charge in [0.25, 0.3) is 0 Å². The molecule has 1 amide bonds. The van der Waals surface area contributed by atoms with Crippen LogP contribution in [0, 0.1) is 10.2 Å². The molecular formula is C46H71ClN4O14. The summed E-state index contributed by atoms with van der Waals surface area (Å²) in [5.74, 6) is -1.54. The van der Waals surface area contributed by atoms with E-state index in [-0.39, 0.29) is 71.2 Å². The highest BCUT2D eigenvalue weighted by atomic mass is 35.7. The first-order valence-electron chi connectivity index (χ1n) is 21.4. The highest BCUT2D eigenvalue weighted by Gasteiger charge is 2.35. The van der Waals surface area contributed by atoms with Crippen LogP contribution in [-0.4, -0.2) is 114 Å². The number of hydrogen-bond donors (Lipinski definition) is 1. The maximum atomic E-state index is 14.0. The third-order valence-corrected chi connectivity index (χ3v) is 8.89. The highest BCUT2D eigenvalue weighted by molar-refractivity contribution is 5.91. The van der Waals surface area contributed by atoms with Gasteiger partial charge in [0.2, 0.25) is 16.9 Å². The van der Waals surface area contributed by atoms with Gasteiger partial charge in [-0.25, -0.2) is 18.6 Å². The summed E-state index contributed by atoms with van der Waals surface area (Å²) in [5.41, 5.74) is 1.01. The number of esters is 3. The van der Waals surface area contributed by atoms with Crippen LogP contribution in [0.25, 0.3) is 21.8 Å². The van der Waals surface area contributed by atoms with Crippen LogP contribution in [0.2, 0.25) is 0 Å². The molecule has 0 unspecified atom stereocenters. The van der Waals surface area contributed by atoms with E-state index in [1.807, 2.05) is 28.2 Å². The van der Waals surface area contributed by atoms with Crippen LogP contribution in [0.4, 0.5) is 11.4 Å². The SMILES string of the molecule is CN(C)c1ccc2cc3ccc(N(C)C)cc3[n+](CCCC(=O)NC(COCCC(=O)OC(C)(C)C)(COCCC(=O)OC(C)(C)C)COCCC(=O)OC(C)(C)C)c2c1.[O-][Cl+3]([O-])([O-])[O-]. The van der Waals surface area contributed by atoms with Crippen molar-refractivity contribution in [2.75, 3.05) is 77.6 Å². The molecule has 2 aromatic carbocycles. The summed E-state index contributed by atoms with van der Waals surface area (Å²) in [6, 6.07) is 15.0. The van der Waals surface area contributed by atoms with Gasteiger partial charge in [-0.15, -0.1) is 10.2 Å². The molecule has 1 N–H and O–H groups in total. The number of carbonyl (C=O) groups is 4. The van der Waals surface area contributed by atoms with Crippen molar-refractivity contribution in [1.82, 2.24) is 5.32 Å². The van der Waals surface area contributed by atoms with Gasteiger partial charge in [-0.3, -0.25) is 19.2 Å². The van der Waals surface area contributed by atoms with Crippen molar-refractivity contribution in [1.29, 1.82) is 0 Å². The van der Waals surface area contributed by atoms with Gasteiger partial charge in [0, 0.05) is 75.3 Å². The van der Waals surface area contributed by atoms with Crippen LogP contribution in [0.5, 0.6) is 0 Å². The molecule has 366 valence electrons. The largest absolute Gasteiger partial charge is 0.460 e. The van der Waals surface area contributed by atoms with E-state index in [0.717, 1.165) is 33.2 Å². The number of hydrogen-bond acceptors (Lipinski definition) is 16. The predicted octanol–water partition coefficient (Wildman–Crippen LogP) is 1.54. The van der Waals surface area contributed by atoms with Crippen molar-refractivity contribution in [2.45, 2.75) is 123 Å². The molecule has 3 aromatic rings. The van der Waals surface area contributed by atoms with Crippen LogP contribution in [0.1, 0.15) is 94.4 Å². The van der Waals surface area contributed by atoms with E-state index in [2.05, 4.69) is 62.1 Å². The van der Waals surface area contributed by atoms with Gasteiger partial charge >= 0.3 is 17.9 Å². The molecule has 18 nitrogen and oxygen atoms in total. The Labute approximate surface area is 385 Å². The number of carbonyl (C=O) groups excluding carboxylic acids is 4. The average molecular weight is 940 g/mol. The Kier molecular flexibility index (Phi) is 21.8. The van der Waals surface area contributed by atoms with Crippen LogP contribution in [0.15, 0.2) is 42.5 Å². The maximum absolute atomic E-state index is 14.0. The number of nitrogens with one attached hydrogen (secondary N) is 1. The van der Waals surface area contributed by atoms with Gasteiger partial charge in [-0.1, -0.05) is 0 Å². The molecule has 0 spiro atoms. The molecule has 0 aliphatic carbocycles. The molecule has 0 aliphatic rings. The average Bonchev–Trinajstić information content (AvgIpc) is 3.13. The van der Waals surface area contributed by atoms with Crippen molar-refractivity contribution in [3.63, 3.8) is 0 Å². The first kappa shape index (κ1) is 56.7. The van der Waals surface area contributed by atoms with E-state index < -0.39 is 50.5 Å². The van der Waals surface area contributed by atoms with Gasteiger partial charge in [-0.2, -0.15) is 4.57 Å². The number of benzene rings is 2. The molecule has 0 saturated heterocycles. The van der Waals surface area contributed by atoms with E-state index in [4.69, 9.17) is 47.1 Å². The van der Waals surface area contributed by atoms with Crippen molar-refractivity contribution in [2.24, 2.45) is 0 Å². The monoisotopic (exact) mass is 938 g/mol. The molecule has 65 heavy (non-hydrogen) atoms. The fraction of sp³-hybridized carbons (Fsp3) is 0.630. The first-order valence-corrected chi connectivity index (χ1v) is 22.7. The Balaban J connectivity index is 0.00000274. The van der Waals surface area contributed by atoms with Crippen molar-refractivity contribution in [3.05, 3.63) is 42.5 Å². The number of halogens is 1. The van der Waals surface area contributed by atoms with Gasteiger partial charge < -0.3 is 43.5 Å². The molecule has 1 aromatic heterocycles. The molecule has 0 fully saturated rings. The molecule has 3 rings (SSSR count). The minimum Gasteiger partial charge on any atom is -0.460 e. The minimum absolute atomic E-state index is 0.0109. The second-order valence-corrected chi connectivity index (χ2v) is 19.8. The van der Waals surface area contributed by atoms with Crippen molar-refractivity contribution >= 4 is 57.0 Å². The molecule has 0 radical (unpaired) electrons. The van der Waals surface area contributed by atoms with Crippen molar-refractivity contribution in [3.8, 4) is 0 Å². The van der Waals surface area contributed by atoms with Gasteiger partial charge in [-0.05, 0) is 92.6 Å². The Morgan fingerprint density at radius 3 is 1.22 bits per heavy atom. The lowest BCUT2D eigenvalue weighted by Gasteiger charge is -2.34. The number of anilines is 2. The summed E-state index contributed by atoms with van der Waals surface area (Å²) in [4.78, 5) is 55.7. The maximum Gasteiger partial charge on any atom is 0.308 e. The zero-order valence-corrected chi connectivity index (χ0v) is 41.2. The Hall–Kier alpha value is -4.40. The third kappa shape index (κ3) is 23.6. The quantitative estimate of drug-likeness (QED) is 0.0494. The predicted molar refractivity (Wildman–Crippen MR) is 234 cm³/mol. The third-order valence-electron chi connectivity index (χ3n) is 8.89. The lowest BCUT2D eigenvalue weighted by molar-refractivity contribution is -2.00. The minimum atomic E-state index is -4.94. The standard InChI is InChI=1S/C46H70N4O10.ClHO4/c1-43(2,3)58-40(52)20-24-55-30-46(31-56-25-21-41(53)59-44(4,5)6,32-57-26-22-42(54)60-45(7,8)9)47-39(51)15-14-23-50-37-28-35(48(10)11)18-16-33(37)27-34-17-19-36(49(12)13)29-38(34)50;2-1(3,4)5/h16-19,27-29H,14-15,20-26,30-32H2,1-13H3;(H,2,3,4,5). The van der Waals surface area contributed by atoms with E-state index in [0.29, 0.717) is 13.0 Å². The Morgan fingerprint density at radius 2 is 0.908 bits per heavy atom. The summed E-state index contributed by atoms with van der Waals surface area (Å²) < 4.78 is 70.7. The lowest BCUT2D eigenvalue weighted by atomic mass is 10.0. The molecule has 0 saturated carbocycles. The molecule has 1 heterocycles. The van der Waals surface area contributed by atoms with Crippen molar-refractivity contribution < 1.29 is 81.0 Å². The van der Waals surface area contributed by atoms with E-state index >= 15 is 0 Å². The fourth-order valence-electron chi connectivity index (χ4n) is 6.31.